The first kappa shape index (κ1) is 82.6. The van der Waals surface area contributed by atoms with Crippen LogP contribution < -0.4 is 21.7 Å². The van der Waals surface area contributed by atoms with E-state index >= 15 is 4.79 Å². The third-order valence-corrected chi connectivity index (χ3v) is 16.1. The normalized spacial score (nSPS) is 15.9. The number of nitrogens with zero attached hydrogens (tertiary/aromatic N) is 7. The molecule has 0 aromatic heterocycles. The molecule has 0 aromatic rings. The first-order chi connectivity index (χ1) is 41.1. The number of ether oxygens (including phenoxy) is 1. The van der Waals surface area contributed by atoms with Gasteiger partial charge in [0.1, 0.15) is 48.3 Å². The van der Waals surface area contributed by atoms with Crippen LogP contribution in [0.1, 0.15) is 156 Å². The highest BCUT2D eigenvalue weighted by atomic mass is 16.5. The summed E-state index contributed by atoms with van der Waals surface area (Å²) in [6.45, 7) is 29.9. The zero-order valence-corrected chi connectivity index (χ0v) is 58.7. The Morgan fingerprint density at radius 1 is 0.506 bits per heavy atom. The molecule has 0 bridgehead atoms. The van der Waals surface area contributed by atoms with E-state index in [-0.39, 0.29) is 49.4 Å². The summed E-state index contributed by atoms with van der Waals surface area (Å²) < 4.78 is 4.65. The topological polar surface area (TPSA) is 302 Å². The van der Waals surface area contributed by atoms with E-state index in [9.17, 15) is 53.1 Å². The number of nitrogens with two attached hydrogens (primary N) is 1. The number of aliphatic hydroxyl groups is 1. The number of carbonyl (C=O) groups excluding carboxylic acids is 11. The Morgan fingerprint density at radius 3 is 1.36 bits per heavy atom. The molecule has 0 aliphatic rings. The van der Waals surface area contributed by atoms with Gasteiger partial charge in [-0.1, -0.05) is 115 Å². The van der Waals surface area contributed by atoms with Gasteiger partial charge in [0.05, 0.1) is 25.8 Å². The molecule has 0 radical (unpaired) electrons. The van der Waals surface area contributed by atoms with Crippen LogP contribution in [0.2, 0.25) is 0 Å². The lowest BCUT2D eigenvalue weighted by atomic mass is 9.91. The van der Waals surface area contributed by atoms with Gasteiger partial charge in [-0.2, -0.15) is 0 Å². The predicted octanol–water partition coefficient (Wildman–Crippen LogP) is 3.83. The van der Waals surface area contributed by atoms with Crippen LogP contribution in [-0.2, 0) is 57.5 Å². The molecular weight excluding hydrogens is 1140 g/mol. The van der Waals surface area contributed by atoms with Crippen molar-refractivity contribution < 1.29 is 62.6 Å². The predicted molar refractivity (Wildman–Crippen MR) is 346 cm³/mol. The number of hydrogen-bond acceptors (Lipinski definition) is 14. The third kappa shape index (κ3) is 25.4. The average molecular weight is 1260 g/mol. The van der Waals surface area contributed by atoms with Crippen LogP contribution in [-0.4, -0.2) is 234 Å². The molecule has 0 spiro atoms. The van der Waals surface area contributed by atoms with Crippen LogP contribution in [0, 0.1) is 41.4 Å². The lowest BCUT2D eigenvalue weighted by molar-refractivity contribution is -0.157. The number of amides is 10. The van der Waals surface area contributed by atoms with Crippen molar-refractivity contribution in [2.24, 2.45) is 47.2 Å². The summed E-state index contributed by atoms with van der Waals surface area (Å²) in [4.78, 5) is 164. The zero-order valence-electron chi connectivity index (χ0n) is 58.7. The number of esters is 1. The molecule has 10 amide bonds. The van der Waals surface area contributed by atoms with E-state index in [0.29, 0.717) is 12.8 Å². The number of aliphatic hydroxyl groups excluding tert-OH is 1. The SMILES string of the molecule is C/C=C/C[C@@H](C)[C@@H](O)[C@@H](C(=O)N[C@@H](CC)C(=O)N(C)CC(=O)N(C)[C@@H](CC(C)C)C(=O)N[C@H](C(=O)N(C)[C@@H](CC(C)C)C(=O)N[C@@H](C)/C=C/C(=O)OC)C(C)C)N(C)C(=O)[C@H](C(C)C)N(C)C(=O)[C@H](CC(C)C)N(C)C(=O)[C@H](CC(C)C)N(C)C(=O)[C@@H](C)N. The van der Waals surface area contributed by atoms with Crippen molar-refractivity contribution in [1.82, 2.24) is 50.2 Å². The standard InChI is InChI=1S/C65H117N11O13/c1-26-28-29-43(15)56(79)55(76(24)65(88)54(42(13)14)75(23)63(86)50(35-40(9)10)74(22)62(85)49(34-39(7)8)73(21)60(83)45(17)66)59(82)68-46(27-2)61(84)70(18)36-51(77)71(19)47(32-37(3)4)58(81)69-53(41(11)12)64(87)72(20)48(33-38(5)6)57(80)67-44(16)30-31-52(78)89-25/h26,28,30-31,37-50,53-56,79H,27,29,32-36,66H2,1-25H3,(H,67,80)(H,68,82)(H,69,81)/b28-26+,31-30+/t43-,44+,45-,46+,47+,48+,49+,50+,53+,54+,55+,56-/m1/s1. The van der Waals surface area contributed by atoms with Crippen LogP contribution in [0.3, 0.4) is 0 Å². The van der Waals surface area contributed by atoms with E-state index in [1.54, 1.807) is 67.5 Å². The Bertz CT molecular complexity index is 2410. The molecular formula is C65H117N11O13. The van der Waals surface area contributed by atoms with E-state index in [4.69, 9.17) is 5.73 Å². The Labute approximate surface area is 533 Å². The first-order valence-electron chi connectivity index (χ1n) is 31.6. The fourth-order valence-electron chi connectivity index (χ4n) is 10.6. The minimum absolute atomic E-state index is 0.0126. The van der Waals surface area contributed by atoms with Crippen LogP contribution in [0.4, 0.5) is 0 Å². The maximum absolute atomic E-state index is 15.1. The van der Waals surface area contributed by atoms with Crippen LogP contribution in [0.15, 0.2) is 24.3 Å². The van der Waals surface area contributed by atoms with E-state index in [0.717, 1.165) is 9.80 Å². The molecule has 0 saturated carbocycles. The van der Waals surface area contributed by atoms with Gasteiger partial charge in [0.15, 0.2) is 0 Å². The van der Waals surface area contributed by atoms with Gasteiger partial charge >= 0.3 is 5.97 Å². The number of rotatable bonds is 37. The van der Waals surface area contributed by atoms with E-state index in [1.807, 2.05) is 55.4 Å². The minimum Gasteiger partial charge on any atom is -0.466 e. The lowest BCUT2D eigenvalue weighted by Gasteiger charge is -2.41. The van der Waals surface area contributed by atoms with E-state index in [2.05, 4.69) is 20.7 Å². The summed E-state index contributed by atoms with van der Waals surface area (Å²) in [7, 11) is 11.3. The molecule has 0 saturated heterocycles. The van der Waals surface area contributed by atoms with Gasteiger partial charge in [-0.05, 0) is 101 Å². The summed E-state index contributed by atoms with van der Waals surface area (Å²) in [5.41, 5.74) is 5.96. The monoisotopic (exact) mass is 1260 g/mol. The quantitative estimate of drug-likeness (QED) is 0.0336. The van der Waals surface area contributed by atoms with Gasteiger partial charge in [0.2, 0.25) is 59.1 Å². The largest absolute Gasteiger partial charge is 0.466 e. The summed E-state index contributed by atoms with van der Waals surface area (Å²) in [5, 5.41) is 20.5. The minimum atomic E-state index is -1.61. The summed E-state index contributed by atoms with van der Waals surface area (Å²) in [5.74, 6) is -8.59. The van der Waals surface area contributed by atoms with Crippen LogP contribution in [0.5, 0.6) is 0 Å². The molecule has 89 heavy (non-hydrogen) atoms. The van der Waals surface area contributed by atoms with Gasteiger partial charge in [-0.3, -0.25) is 47.9 Å². The fraction of sp³-hybridized carbons (Fsp3) is 0.769. The summed E-state index contributed by atoms with van der Waals surface area (Å²) >= 11 is 0. The molecule has 0 aromatic carbocycles. The van der Waals surface area contributed by atoms with Crippen molar-refractivity contribution in [2.75, 3.05) is 63.0 Å². The van der Waals surface area contributed by atoms with Crippen molar-refractivity contribution in [3.63, 3.8) is 0 Å². The first-order valence-corrected chi connectivity index (χ1v) is 31.6. The van der Waals surface area contributed by atoms with Crippen molar-refractivity contribution in [3.8, 4) is 0 Å². The van der Waals surface area contributed by atoms with Crippen molar-refractivity contribution >= 4 is 65.0 Å². The number of allylic oxidation sites excluding steroid dienone is 2. The second-order valence-corrected chi connectivity index (χ2v) is 26.6. The van der Waals surface area contributed by atoms with Gasteiger partial charge in [-0.25, -0.2) is 4.79 Å². The molecule has 12 atom stereocenters. The van der Waals surface area contributed by atoms with Gasteiger partial charge in [0, 0.05) is 61.5 Å². The summed E-state index contributed by atoms with van der Waals surface area (Å²) in [6.07, 6.45) is 5.99. The molecule has 0 heterocycles. The highest BCUT2D eigenvalue weighted by Gasteiger charge is 2.45. The molecule has 24 nitrogen and oxygen atoms in total. The Balaban J connectivity index is 7.11. The van der Waals surface area contributed by atoms with Crippen molar-refractivity contribution in [1.29, 1.82) is 0 Å². The molecule has 0 aliphatic heterocycles. The Hall–Kier alpha value is -6.43. The highest BCUT2D eigenvalue weighted by molar-refractivity contribution is 5.98. The molecule has 510 valence electrons. The molecule has 24 heteroatoms. The number of nitrogens with one attached hydrogen (secondary N) is 3. The number of hydrogen-bond donors (Lipinski definition) is 5. The average Bonchev–Trinajstić information content (AvgIpc) is 1.47. The number of methoxy groups -OCH3 is 1. The second-order valence-electron chi connectivity index (χ2n) is 26.6. The zero-order chi connectivity index (χ0) is 69.4. The smallest absolute Gasteiger partial charge is 0.330 e. The van der Waals surface area contributed by atoms with Gasteiger partial charge in [0.25, 0.3) is 0 Å². The third-order valence-electron chi connectivity index (χ3n) is 16.1. The second kappa shape index (κ2) is 39.0. The van der Waals surface area contributed by atoms with Crippen LogP contribution >= 0.6 is 0 Å². The van der Waals surface area contributed by atoms with Crippen molar-refractivity contribution in [3.05, 3.63) is 24.3 Å². The molecule has 0 rings (SSSR count). The number of carbonyl (C=O) groups is 11. The summed E-state index contributed by atoms with van der Waals surface area (Å²) in [6, 6.07) is -10.8. The number of likely N-dealkylation sites (N-methyl/N-ethyl adjacent to an activating group) is 7. The fourth-order valence-corrected chi connectivity index (χ4v) is 10.6. The van der Waals surface area contributed by atoms with E-state index in [1.165, 1.54) is 100 Å². The molecule has 6 N–H and O–H groups in total. The van der Waals surface area contributed by atoms with Crippen LogP contribution in [0.25, 0.3) is 0 Å². The van der Waals surface area contributed by atoms with Gasteiger partial charge in [-0.15, -0.1) is 0 Å². The maximum Gasteiger partial charge on any atom is 0.330 e. The maximum atomic E-state index is 15.1. The van der Waals surface area contributed by atoms with Crippen molar-refractivity contribution in [2.45, 2.75) is 223 Å². The molecule has 0 fully saturated rings. The van der Waals surface area contributed by atoms with E-state index < -0.39 is 156 Å². The molecule has 0 unspecified atom stereocenters. The lowest BCUT2D eigenvalue weighted by Crippen LogP contribution is -2.63. The Kier molecular flexibility index (Phi) is 36.2. The highest BCUT2D eigenvalue weighted by Crippen LogP contribution is 2.25. The van der Waals surface area contributed by atoms with Gasteiger partial charge < -0.3 is 65.8 Å². The molecule has 0 aliphatic carbocycles. The Morgan fingerprint density at radius 2 is 0.933 bits per heavy atom.